The van der Waals surface area contributed by atoms with Crippen LogP contribution in [0, 0.1) is 0 Å². The fourth-order valence-corrected chi connectivity index (χ4v) is 7.32. The Labute approximate surface area is 175 Å². The molecule has 0 aliphatic heterocycles. The zero-order chi connectivity index (χ0) is 22.7. The van der Waals surface area contributed by atoms with Crippen LogP contribution in [-0.2, 0) is 13.3 Å². The quantitative estimate of drug-likeness (QED) is 0.0954. The van der Waals surface area contributed by atoms with Crippen LogP contribution in [0.1, 0.15) is 33.1 Å². The summed E-state index contributed by atoms with van der Waals surface area (Å²) in [6.07, 6.45) is -2.33. The van der Waals surface area contributed by atoms with Crippen molar-refractivity contribution in [3.8, 4) is 0 Å². The fraction of sp³-hybridized carbons (Fsp3) is 1.00. The Morgan fingerprint density at radius 1 is 0.586 bits per heavy atom. The van der Waals surface area contributed by atoms with Gasteiger partial charge in [-0.15, -0.1) is 0 Å². The normalized spacial score (nSPS) is 16.7. The molecule has 15 heteroatoms. The number of nitrogens with two attached hydrogens (primary N) is 3. The molecule has 0 spiro atoms. The third kappa shape index (κ3) is 13.2. The molecule has 3 atom stereocenters. The van der Waals surface area contributed by atoms with Crippen LogP contribution < -0.4 is 17.2 Å². The van der Waals surface area contributed by atoms with Gasteiger partial charge in [0.15, 0.2) is 0 Å². The lowest BCUT2D eigenvalue weighted by molar-refractivity contribution is -0.0737. The molecule has 0 aromatic carbocycles. The van der Waals surface area contributed by atoms with E-state index in [-0.39, 0.29) is 37.8 Å². The molecule has 0 aromatic rings. The van der Waals surface area contributed by atoms with Crippen LogP contribution >= 0.6 is 0 Å². The van der Waals surface area contributed by atoms with Gasteiger partial charge < -0.3 is 59.3 Å². The highest BCUT2D eigenvalue weighted by Crippen LogP contribution is 2.23. The van der Waals surface area contributed by atoms with E-state index in [4.69, 9.17) is 30.5 Å². The molecule has 0 fully saturated rings. The van der Waals surface area contributed by atoms with Gasteiger partial charge >= 0.3 is 26.4 Å². The lowest BCUT2D eigenvalue weighted by Gasteiger charge is -2.37. The zero-order valence-corrected chi connectivity index (χ0v) is 20.2. The van der Waals surface area contributed by atoms with Crippen molar-refractivity contribution >= 4 is 26.4 Å². The van der Waals surface area contributed by atoms with Crippen molar-refractivity contribution in [2.45, 2.75) is 69.6 Å². The van der Waals surface area contributed by atoms with Gasteiger partial charge in [-0.2, -0.15) is 0 Å². The van der Waals surface area contributed by atoms with Crippen molar-refractivity contribution in [2.24, 2.45) is 17.2 Å². The molecule has 12 N–H and O–H groups in total. The maximum Gasteiger partial charge on any atom is 0.495 e. The van der Waals surface area contributed by atoms with Crippen molar-refractivity contribution in [3.63, 3.8) is 0 Å². The summed E-state index contributed by atoms with van der Waals surface area (Å²) in [5, 5.41) is 0. The Balaban J connectivity index is 5.36. The van der Waals surface area contributed by atoms with Gasteiger partial charge in [0.25, 0.3) is 0 Å². The average molecular weight is 478 g/mol. The van der Waals surface area contributed by atoms with Crippen LogP contribution in [0.15, 0.2) is 0 Å². The minimum absolute atomic E-state index is 0.0427. The molecule has 0 saturated heterocycles. The summed E-state index contributed by atoms with van der Waals surface area (Å²) in [6.45, 7) is 3.63. The molecular weight excluding hydrogens is 438 g/mol. The van der Waals surface area contributed by atoms with Crippen LogP contribution in [0.25, 0.3) is 0 Å². The van der Waals surface area contributed by atoms with Crippen LogP contribution in [0.4, 0.5) is 0 Å². The lowest BCUT2D eigenvalue weighted by Crippen LogP contribution is -2.56. The summed E-state index contributed by atoms with van der Waals surface area (Å²) in [6, 6.07) is -0.167. The molecule has 0 saturated carbocycles. The molecule has 0 aliphatic carbocycles. The Kier molecular flexibility index (Phi) is 13.6. The first-order valence-electron chi connectivity index (χ1n) is 9.77. The lowest BCUT2D eigenvalue weighted by atomic mass is 10.1. The third-order valence-electron chi connectivity index (χ3n) is 4.12. The molecular formula is C14H39N3O9Si3. The first-order chi connectivity index (χ1) is 13.3. The highest BCUT2D eigenvalue weighted by molar-refractivity contribution is 6.58. The van der Waals surface area contributed by atoms with E-state index in [0.717, 1.165) is 0 Å². The second kappa shape index (κ2) is 13.6. The van der Waals surface area contributed by atoms with E-state index >= 15 is 0 Å². The molecule has 1 unspecified atom stereocenters. The van der Waals surface area contributed by atoms with E-state index in [0.29, 0.717) is 19.3 Å². The maximum atomic E-state index is 10.2. The van der Waals surface area contributed by atoms with E-state index in [9.17, 15) is 28.8 Å². The highest BCUT2D eigenvalue weighted by atomic mass is 28.4. The molecule has 12 nitrogen and oxygen atoms in total. The zero-order valence-electron chi connectivity index (χ0n) is 17.2. The van der Waals surface area contributed by atoms with Crippen LogP contribution in [0.3, 0.4) is 0 Å². The van der Waals surface area contributed by atoms with Gasteiger partial charge in [-0.05, 0) is 52.7 Å². The minimum Gasteiger partial charge on any atom is -0.390 e. The topological polar surface area (TPSA) is 227 Å². The molecule has 29 heavy (non-hydrogen) atoms. The summed E-state index contributed by atoms with van der Waals surface area (Å²) in [7, 11) is -12.4. The summed E-state index contributed by atoms with van der Waals surface area (Å²) in [5.41, 5.74) is 16.2. The number of rotatable bonds is 17. The van der Waals surface area contributed by atoms with Gasteiger partial charge in [-0.3, -0.25) is 0 Å². The van der Waals surface area contributed by atoms with Crippen molar-refractivity contribution in [2.75, 3.05) is 19.6 Å². The van der Waals surface area contributed by atoms with E-state index in [1.165, 1.54) is 13.8 Å². The van der Waals surface area contributed by atoms with Gasteiger partial charge in [0.05, 0.1) is 18.3 Å². The van der Waals surface area contributed by atoms with Crippen LogP contribution in [0.5, 0.6) is 0 Å². The maximum absolute atomic E-state index is 10.2. The van der Waals surface area contributed by atoms with Crippen molar-refractivity contribution < 1.29 is 42.1 Å². The Morgan fingerprint density at radius 3 is 1.14 bits per heavy atom. The summed E-state index contributed by atoms with van der Waals surface area (Å²) >= 11 is 0. The molecule has 176 valence electrons. The van der Waals surface area contributed by atoms with E-state index < -0.39 is 44.7 Å². The summed E-state index contributed by atoms with van der Waals surface area (Å²) < 4.78 is 16.2. The smallest absolute Gasteiger partial charge is 0.390 e. The fourth-order valence-electron chi connectivity index (χ4n) is 2.69. The molecule has 0 aromatic heterocycles. The Hall–Kier alpha value is 0.171. The molecule has 0 aliphatic rings. The van der Waals surface area contributed by atoms with Gasteiger partial charge in [0.2, 0.25) is 0 Å². The second-order valence-electron chi connectivity index (χ2n) is 7.13. The van der Waals surface area contributed by atoms with Gasteiger partial charge in [-0.1, -0.05) is 0 Å². The summed E-state index contributed by atoms with van der Waals surface area (Å²) in [5.74, 6) is 0. The Morgan fingerprint density at radius 2 is 0.862 bits per heavy atom. The largest absolute Gasteiger partial charge is 0.495 e. The first-order valence-corrected chi connectivity index (χ1v) is 15.8. The monoisotopic (exact) mass is 477 g/mol. The average Bonchev–Trinajstić information content (AvgIpc) is 2.60. The minimum atomic E-state index is -4.19. The van der Waals surface area contributed by atoms with Crippen molar-refractivity contribution in [3.05, 3.63) is 0 Å². The third-order valence-corrected chi connectivity index (χ3v) is 9.28. The van der Waals surface area contributed by atoms with Crippen LogP contribution in [-0.4, -0.2) is 93.1 Å². The number of hydrogen-bond acceptors (Lipinski definition) is 12. The number of hydrogen-bond donors (Lipinski definition) is 9. The Bertz CT molecular complexity index is 422. The van der Waals surface area contributed by atoms with Gasteiger partial charge in [0, 0.05) is 18.1 Å². The van der Waals surface area contributed by atoms with E-state index in [1.54, 1.807) is 0 Å². The molecule has 0 bridgehead atoms. The summed E-state index contributed by atoms with van der Waals surface area (Å²) in [4.78, 5) is 61.0. The van der Waals surface area contributed by atoms with Crippen molar-refractivity contribution in [1.82, 2.24) is 0 Å². The van der Waals surface area contributed by atoms with Gasteiger partial charge in [-0.25, -0.2) is 0 Å². The molecule has 0 rings (SSSR count). The SMILES string of the molecule is C[C@H](O[Si](O)(O)CCCN)C(O[Si](O)(O)CCCN)[C@@H](C)O[Si](O)(O)CCCN. The molecule has 0 amide bonds. The van der Waals surface area contributed by atoms with Crippen LogP contribution in [0.2, 0.25) is 18.1 Å². The van der Waals surface area contributed by atoms with Crippen molar-refractivity contribution in [1.29, 1.82) is 0 Å². The van der Waals surface area contributed by atoms with E-state index in [2.05, 4.69) is 0 Å². The highest BCUT2D eigenvalue weighted by Gasteiger charge is 2.45. The molecule has 0 heterocycles. The first kappa shape index (κ1) is 29.2. The van der Waals surface area contributed by atoms with E-state index in [1.807, 2.05) is 0 Å². The van der Waals surface area contributed by atoms with Gasteiger partial charge in [0.1, 0.15) is 0 Å². The second-order valence-corrected chi connectivity index (χ2v) is 13.8. The molecule has 0 radical (unpaired) electrons. The predicted molar refractivity (Wildman–Crippen MR) is 112 cm³/mol. The standard InChI is InChI=1S/C14H39N3O9Si3/c1-12(24-27(18,19)9-3-6-15)14(26-29(22,23)11-5-8-17)13(2)25-28(20,21)10-4-7-16/h12-14,18-23H,3-11,15-17H2,1-2H3/t12-,13+,14?. The predicted octanol–water partition coefficient (Wildman–Crippen LogP) is -3.00.